The largest absolute Gasteiger partial charge is 0.549 e. The third-order valence-corrected chi connectivity index (χ3v) is 1.39. The molecule has 5 heteroatoms. The van der Waals surface area contributed by atoms with Crippen LogP contribution in [0.2, 0.25) is 0 Å². The van der Waals surface area contributed by atoms with Crippen LogP contribution in [0, 0.1) is 5.92 Å². The second-order valence-electron chi connectivity index (χ2n) is 2.20. The highest BCUT2D eigenvalue weighted by molar-refractivity contribution is 5.91. The fourth-order valence-electron chi connectivity index (χ4n) is 0.706. The van der Waals surface area contributed by atoms with Crippen molar-refractivity contribution in [3.05, 3.63) is 12.2 Å². The van der Waals surface area contributed by atoms with E-state index in [1.165, 1.54) is 0 Å². The summed E-state index contributed by atoms with van der Waals surface area (Å²) in [6.45, 7) is 2.56. The number of hydrogen-bond donors (Lipinski definition) is 1. The highest BCUT2D eigenvalue weighted by Gasteiger charge is 2.13. The SMILES string of the molecule is C=C(C(=O)[O-])C(CCO)C(=O)[O-]. The second-order valence-corrected chi connectivity index (χ2v) is 2.20. The Labute approximate surface area is 68.9 Å². The standard InChI is InChI=1S/C7H10O5/c1-4(6(9)10)5(2-3-8)7(11)12/h5,8H,1-3H2,(H,9,10)(H,11,12)/p-2. The molecule has 0 aromatic heterocycles. The molecule has 0 aliphatic heterocycles. The van der Waals surface area contributed by atoms with E-state index in [1.54, 1.807) is 0 Å². The van der Waals surface area contributed by atoms with E-state index in [0.29, 0.717) is 0 Å². The molecule has 12 heavy (non-hydrogen) atoms. The lowest BCUT2D eigenvalue weighted by Crippen LogP contribution is -2.38. The normalized spacial score (nSPS) is 12.1. The van der Waals surface area contributed by atoms with Crippen molar-refractivity contribution in [2.45, 2.75) is 6.42 Å². The molecule has 0 saturated heterocycles. The van der Waals surface area contributed by atoms with Gasteiger partial charge in [-0.15, -0.1) is 0 Å². The Hall–Kier alpha value is -1.36. The predicted octanol–water partition coefficient (Wildman–Crippen LogP) is -2.96. The van der Waals surface area contributed by atoms with Crippen LogP contribution >= 0.6 is 0 Å². The minimum absolute atomic E-state index is 0.227. The van der Waals surface area contributed by atoms with Crippen LogP contribution in [0.15, 0.2) is 12.2 Å². The molecule has 0 radical (unpaired) electrons. The van der Waals surface area contributed by atoms with E-state index in [9.17, 15) is 19.8 Å². The summed E-state index contributed by atoms with van der Waals surface area (Å²) in [6.07, 6.45) is -0.227. The van der Waals surface area contributed by atoms with Crippen LogP contribution in [0.25, 0.3) is 0 Å². The number of rotatable bonds is 5. The van der Waals surface area contributed by atoms with Crippen LogP contribution < -0.4 is 10.2 Å². The summed E-state index contributed by atoms with van der Waals surface area (Å²) in [5, 5.41) is 28.8. The lowest BCUT2D eigenvalue weighted by molar-refractivity contribution is -0.315. The Kier molecular flexibility index (Phi) is 3.99. The van der Waals surface area contributed by atoms with E-state index in [-0.39, 0.29) is 6.42 Å². The summed E-state index contributed by atoms with van der Waals surface area (Å²) in [6, 6.07) is 0. The van der Waals surface area contributed by atoms with Crippen LogP contribution in [0.1, 0.15) is 6.42 Å². The van der Waals surface area contributed by atoms with Gasteiger partial charge in [0.2, 0.25) is 0 Å². The van der Waals surface area contributed by atoms with E-state index in [0.717, 1.165) is 0 Å². The molecule has 0 aliphatic rings. The van der Waals surface area contributed by atoms with Crippen molar-refractivity contribution < 1.29 is 24.9 Å². The number of aliphatic hydroxyl groups excluding tert-OH is 1. The van der Waals surface area contributed by atoms with Crippen LogP contribution in [-0.4, -0.2) is 23.7 Å². The smallest absolute Gasteiger partial charge is 0.0675 e. The van der Waals surface area contributed by atoms with Gasteiger partial charge in [-0.05, 0) is 12.0 Å². The van der Waals surface area contributed by atoms with E-state index in [2.05, 4.69) is 6.58 Å². The molecule has 0 bridgehead atoms. The van der Waals surface area contributed by atoms with Crippen molar-refractivity contribution in [3.63, 3.8) is 0 Å². The number of carbonyl (C=O) groups excluding carboxylic acids is 2. The van der Waals surface area contributed by atoms with Crippen LogP contribution in [0.5, 0.6) is 0 Å². The first-order chi connectivity index (χ1) is 5.50. The summed E-state index contributed by atoms with van der Waals surface area (Å²) in [5.74, 6) is -4.59. The number of aliphatic hydroxyl groups is 1. The topological polar surface area (TPSA) is 100 Å². The highest BCUT2D eigenvalue weighted by Crippen LogP contribution is 2.11. The molecule has 1 atom stereocenters. The Balaban J connectivity index is 4.40. The van der Waals surface area contributed by atoms with Gasteiger partial charge in [0.25, 0.3) is 0 Å². The minimum Gasteiger partial charge on any atom is -0.549 e. The fourth-order valence-corrected chi connectivity index (χ4v) is 0.706. The Morgan fingerprint density at radius 1 is 1.42 bits per heavy atom. The van der Waals surface area contributed by atoms with Gasteiger partial charge in [-0.25, -0.2) is 0 Å². The van der Waals surface area contributed by atoms with Gasteiger partial charge < -0.3 is 24.9 Å². The van der Waals surface area contributed by atoms with Gasteiger partial charge >= 0.3 is 0 Å². The van der Waals surface area contributed by atoms with E-state index in [1.807, 2.05) is 0 Å². The molecule has 5 nitrogen and oxygen atoms in total. The highest BCUT2D eigenvalue weighted by atomic mass is 16.4. The zero-order valence-electron chi connectivity index (χ0n) is 6.28. The van der Waals surface area contributed by atoms with Crippen molar-refractivity contribution in [3.8, 4) is 0 Å². The monoisotopic (exact) mass is 172 g/mol. The number of carbonyl (C=O) groups is 2. The maximum absolute atomic E-state index is 10.3. The summed E-state index contributed by atoms with van der Waals surface area (Å²) in [7, 11) is 0. The predicted molar refractivity (Wildman–Crippen MR) is 34.3 cm³/mol. The second kappa shape index (κ2) is 4.50. The molecular weight excluding hydrogens is 164 g/mol. The van der Waals surface area contributed by atoms with Crippen LogP contribution in [0.4, 0.5) is 0 Å². The Bertz CT molecular complexity index is 208. The van der Waals surface area contributed by atoms with Gasteiger partial charge in [-0.1, -0.05) is 6.58 Å². The quantitative estimate of drug-likeness (QED) is 0.446. The molecule has 1 unspecified atom stereocenters. The molecule has 0 spiro atoms. The van der Waals surface area contributed by atoms with E-state index < -0.39 is 30.0 Å². The van der Waals surface area contributed by atoms with Gasteiger partial charge in [0.1, 0.15) is 0 Å². The summed E-state index contributed by atoms with van der Waals surface area (Å²) < 4.78 is 0. The minimum atomic E-state index is -1.64. The van der Waals surface area contributed by atoms with Gasteiger partial charge in [-0.3, -0.25) is 0 Å². The molecular formula is C7H8O5-2. The fraction of sp³-hybridized carbons (Fsp3) is 0.429. The Morgan fingerprint density at radius 3 is 2.17 bits per heavy atom. The van der Waals surface area contributed by atoms with Gasteiger partial charge in [0, 0.05) is 18.5 Å². The molecule has 0 heterocycles. The molecule has 0 amide bonds. The first-order valence-corrected chi connectivity index (χ1v) is 3.22. The van der Waals surface area contributed by atoms with Gasteiger partial charge in [0.15, 0.2) is 0 Å². The van der Waals surface area contributed by atoms with E-state index >= 15 is 0 Å². The molecule has 0 rings (SSSR count). The average Bonchev–Trinajstić information content (AvgIpc) is 1.98. The number of hydrogen-bond acceptors (Lipinski definition) is 5. The third kappa shape index (κ3) is 2.71. The van der Waals surface area contributed by atoms with Crippen molar-refractivity contribution in [1.82, 2.24) is 0 Å². The van der Waals surface area contributed by atoms with Crippen LogP contribution in [0.3, 0.4) is 0 Å². The molecule has 1 N–H and O–H groups in total. The van der Waals surface area contributed by atoms with Crippen LogP contribution in [-0.2, 0) is 9.59 Å². The van der Waals surface area contributed by atoms with Crippen molar-refractivity contribution in [2.75, 3.05) is 6.61 Å². The lowest BCUT2D eigenvalue weighted by Gasteiger charge is -2.19. The van der Waals surface area contributed by atoms with Crippen molar-refractivity contribution >= 4 is 11.9 Å². The molecule has 0 fully saturated rings. The molecule has 68 valence electrons. The average molecular weight is 172 g/mol. The first kappa shape index (κ1) is 10.6. The maximum Gasteiger partial charge on any atom is 0.0675 e. The molecule has 0 aromatic carbocycles. The molecule has 0 aliphatic carbocycles. The summed E-state index contributed by atoms with van der Waals surface area (Å²) in [5.41, 5.74) is -0.580. The lowest BCUT2D eigenvalue weighted by atomic mass is 9.98. The van der Waals surface area contributed by atoms with Crippen molar-refractivity contribution in [2.24, 2.45) is 5.92 Å². The first-order valence-electron chi connectivity index (χ1n) is 3.22. The van der Waals surface area contributed by atoms with Gasteiger partial charge in [-0.2, -0.15) is 0 Å². The zero-order chi connectivity index (χ0) is 9.72. The summed E-state index contributed by atoms with van der Waals surface area (Å²) in [4.78, 5) is 20.4. The molecule has 0 aromatic rings. The van der Waals surface area contributed by atoms with Crippen molar-refractivity contribution in [1.29, 1.82) is 0 Å². The number of carboxylic acid groups (broad SMARTS) is 2. The number of aliphatic carboxylic acids is 2. The van der Waals surface area contributed by atoms with Gasteiger partial charge in [0.05, 0.1) is 5.97 Å². The molecule has 0 saturated carbocycles. The maximum atomic E-state index is 10.3. The summed E-state index contributed by atoms with van der Waals surface area (Å²) >= 11 is 0. The van der Waals surface area contributed by atoms with E-state index in [4.69, 9.17) is 5.11 Å². The number of carboxylic acids is 2. The Morgan fingerprint density at radius 2 is 1.92 bits per heavy atom. The third-order valence-electron chi connectivity index (χ3n) is 1.39. The zero-order valence-corrected chi connectivity index (χ0v) is 6.28.